The minimum atomic E-state index is 0.0951. The summed E-state index contributed by atoms with van der Waals surface area (Å²) in [6, 6.07) is 7.75. The number of methoxy groups -OCH3 is 1. The van der Waals surface area contributed by atoms with Crippen LogP contribution in [0.2, 0.25) is 0 Å². The lowest BCUT2D eigenvalue weighted by atomic mass is 10.1. The summed E-state index contributed by atoms with van der Waals surface area (Å²) in [5.74, 6) is 1.08. The summed E-state index contributed by atoms with van der Waals surface area (Å²) >= 11 is 0. The molecule has 0 amide bonds. The fraction of sp³-hybridized carbons (Fsp3) is 0.500. The second-order valence-corrected chi connectivity index (χ2v) is 4.65. The molecule has 2 atom stereocenters. The van der Waals surface area contributed by atoms with Crippen molar-refractivity contribution in [3.8, 4) is 17.6 Å². The van der Waals surface area contributed by atoms with Gasteiger partial charge in [-0.15, -0.1) is 0 Å². The minimum Gasteiger partial charge on any atom is -0.508 e. The Bertz CT molecular complexity index is 454. The molecule has 96 valence electrons. The van der Waals surface area contributed by atoms with Gasteiger partial charge in [-0.05, 0) is 31.0 Å². The molecule has 1 aliphatic carbocycles. The van der Waals surface area contributed by atoms with Gasteiger partial charge in [-0.1, -0.05) is 6.42 Å². The highest BCUT2D eigenvalue weighted by atomic mass is 16.5. The topological polar surface area (TPSA) is 65.3 Å². The number of nitrogens with zero attached hydrogens (tertiary/aromatic N) is 1. The maximum absolute atomic E-state index is 9.77. The molecular weight excluding hydrogens is 228 g/mol. The third-order valence-corrected chi connectivity index (χ3v) is 3.52. The predicted octanol–water partition coefficient (Wildman–Crippen LogP) is 2.18. The number of hydrogen-bond donors (Lipinski definition) is 2. The van der Waals surface area contributed by atoms with E-state index >= 15 is 0 Å². The third kappa shape index (κ3) is 2.74. The van der Waals surface area contributed by atoms with Gasteiger partial charge in [0.15, 0.2) is 0 Å². The van der Waals surface area contributed by atoms with Gasteiger partial charge < -0.3 is 15.2 Å². The van der Waals surface area contributed by atoms with Gasteiger partial charge in [0.05, 0.1) is 19.1 Å². The van der Waals surface area contributed by atoms with Gasteiger partial charge in [0.25, 0.3) is 0 Å². The Kier molecular flexibility index (Phi) is 4.06. The Hall–Kier alpha value is -1.73. The summed E-state index contributed by atoms with van der Waals surface area (Å²) in [6.45, 7) is 0.561. The second-order valence-electron chi connectivity index (χ2n) is 4.65. The quantitative estimate of drug-likeness (QED) is 0.854. The molecule has 0 spiro atoms. The molecule has 0 radical (unpaired) electrons. The van der Waals surface area contributed by atoms with Crippen molar-refractivity contribution in [1.82, 2.24) is 5.32 Å². The molecule has 4 heteroatoms. The number of nitriles is 1. The number of phenolic OH excluding ortho intramolecular Hbond substituents is 1. The van der Waals surface area contributed by atoms with Crippen molar-refractivity contribution < 1.29 is 9.84 Å². The molecule has 0 saturated heterocycles. The van der Waals surface area contributed by atoms with Crippen LogP contribution in [0.15, 0.2) is 18.2 Å². The van der Waals surface area contributed by atoms with E-state index in [2.05, 4.69) is 11.4 Å². The van der Waals surface area contributed by atoms with Crippen LogP contribution in [0.3, 0.4) is 0 Å². The summed E-state index contributed by atoms with van der Waals surface area (Å²) in [4.78, 5) is 0. The zero-order valence-electron chi connectivity index (χ0n) is 10.5. The third-order valence-electron chi connectivity index (χ3n) is 3.52. The average Bonchev–Trinajstić information content (AvgIpc) is 2.85. The van der Waals surface area contributed by atoms with E-state index in [0.29, 0.717) is 6.54 Å². The van der Waals surface area contributed by atoms with Gasteiger partial charge in [0.1, 0.15) is 11.5 Å². The lowest BCUT2D eigenvalue weighted by Crippen LogP contribution is -2.31. The molecule has 2 rings (SSSR count). The summed E-state index contributed by atoms with van der Waals surface area (Å²) in [6.07, 6.45) is 3.10. The molecule has 0 aliphatic heterocycles. The van der Waals surface area contributed by atoms with Crippen LogP contribution in [-0.4, -0.2) is 18.3 Å². The van der Waals surface area contributed by atoms with Crippen LogP contribution in [0.1, 0.15) is 24.8 Å². The number of aromatic hydroxyl groups is 1. The Balaban J connectivity index is 1.99. The number of nitrogens with one attached hydrogen (secondary N) is 1. The molecule has 1 aromatic carbocycles. The SMILES string of the molecule is COc1ccc(O)c(CNC2CCCC2C#N)c1. The first-order chi connectivity index (χ1) is 8.74. The van der Waals surface area contributed by atoms with Crippen molar-refractivity contribution in [1.29, 1.82) is 5.26 Å². The average molecular weight is 246 g/mol. The molecule has 0 bridgehead atoms. The smallest absolute Gasteiger partial charge is 0.120 e. The zero-order chi connectivity index (χ0) is 13.0. The molecule has 0 heterocycles. The van der Waals surface area contributed by atoms with Crippen LogP contribution in [0, 0.1) is 17.2 Å². The first-order valence-electron chi connectivity index (χ1n) is 6.23. The van der Waals surface area contributed by atoms with E-state index in [1.54, 1.807) is 19.2 Å². The molecular formula is C14H18N2O2. The van der Waals surface area contributed by atoms with Crippen molar-refractivity contribution in [2.24, 2.45) is 5.92 Å². The summed E-state index contributed by atoms with van der Waals surface area (Å²) in [5.41, 5.74) is 0.804. The lowest BCUT2D eigenvalue weighted by Gasteiger charge is -2.16. The number of ether oxygens (including phenoxy) is 1. The largest absolute Gasteiger partial charge is 0.508 e. The van der Waals surface area contributed by atoms with Crippen LogP contribution >= 0.6 is 0 Å². The van der Waals surface area contributed by atoms with Crippen LogP contribution in [0.4, 0.5) is 0 Å². The fourth-order valence-electron chi connectivity index (χ4n) is 2.43. The molecule has 18 heavy (non-hydrogen) atoms. The Morgan fingerprint density at radius 3 is 3.06 bits per heavy atom. The fourth-order valence-corrected chi connectivity index (χ4v) is 2.43. The highest BCUT2D eigenvalue weighted by Crippen LogP contribution is 2.27. The molecule has 1 aliphatic rings. The second kappa shape index (κ2) is 5.74. The number of rotatable bonds is 4. The monoisotopic (exact) mass is 246 g/mol. The van der Waals surface area contributed by atoms with Gasteiger partial charge in [0.2, 0.25) is 0 Å². The van der Waals surface area contributed by atoms with Gasteiger partial charge in [-0.3, -0.25) is 0 Å². The summed E-state index contributed by atoms with van der Waals surface area (Å²) in [7, 11) is 1.60. The minimum absolute atomic E-state index is 0.0951. The van der Waals surface area contributed by atoms with Crippen molar-refractivity contribution in [2.45, 2.75) is 31.8 Å². The normalized spacial score (nSPS) is 22.7. The van der Waals surface area contributed by atoms with Crippen molar-refractivity contribution >= 4 is 0 Å². The molecule has 2 N–H and O–H groups in total. The highest BCUT2D eigenvalue weighted by Gasteiger charge is 2.26. The maximum atomic E-state index is 9.77. The Labute approximate surface area is 107 Å². The van der Waals surface area contributed by atoms with E-state index < -0.39 is 0 Å². The van der Waals surface area contributed by atoms with Crippen LogP contribution in [0.25, 0.3) is 0 Å². The van der Waals surface area contributed by atoms with Gasteiger partial charge in [-0.2, -0.15) is 5.26 Å². The van der Waals surface area contributed by atoms with E-state index in [1.165, 1.54) is 0 Å². The molecule has 1 aromatic rings. The number of benzene rings is 1. The van der Waals surface area contributed by atoms with E-state index in [0.717, 1.165) is 30.6 Å². The van der Waals surface area contributed by atoms with Crippen LogP contribution < -0.4 is 10.1 Å². The van der Waals surface area contributed by atoms with Gasteiger partial charge in [-0.25, -0.2) is 0 Å². The molecule has 1 fully saturated rings. The number of hydrogen-bond acceptors (Lipinski definition) is 4. The van der Waals surface area contributed by atoms with E-state index in [4.69, 9.17) is 10.00 Å². The van der Waals surface area contributed by atoms with Crippen LogP contribution in [-0.2, 0) is 6.54 Å². The predicted molar refractivity (Wildman–Crippen MR) is 68.2 cm³/mol. The number of phenols is 1. The maximum Gasteiger partial charge on any atom is 0.120 e. The van der Waals surface area contributed by atoms with Gasteiger partial charge in [0, 0.05) is 18.2 Å². The Morgan fingerprint density at radius 2 is 2.33 bits per heavy atom. The van der Waals surface area contributed by atoms with E-state index in [1.807, 2.05) is 6.07 Å². The first kappa shape index (κ1) is 12.7. The van der Waals surface area contributed by atoms with E-state index in [9.17, 15) is 5.11 Å². The van der Waals surface area contributed by atoms with E-state index in [-0.39, 0.29) is 17.7 Å². The van der Waals surface area contributed by atoms with Crippen molar-refractivity contribution in [3.05, 3.63) is 23.8 Å². The zero-order valence-corrected chi connectivity index (χ0v) is 10.5. The molecule has 0 aromatic heterocycles. The first-order valence-corrected chi connectivity index (χ1v) is 6.23. The van der Waals surface area contributed by atoms with Gasteiger partial charge >= 0.3 is 0 Å². The highest BCUT2D eigenvalue weighted by molar-refractivity contribution is 5.39. The standard InChI is InChI=1S/C14H18N2O2/c1-18-12-5-6-14(17)11(7-12)9-16-13-4-2-3-10(13)8-15/h5-7,10,13,16-17H,2-4,9H2,1H3. The molecule has 4 nitrogen and oxygen atoms in total. The Morgan fingerprint density at radius 1 is 1.50 bits per heavy atom. The molecule has 2 unspecified atom stereocenters. The lowest BCUT2D eigenvalue weighted by molar-refractivity contribution is 0.407. The van der Waals surface area contributed by atoms with Crippen molar-refractivity contribution in [3.63, 3.8) is 0 Å². The van der Waals surface area contributed by atoms with Crippen LogP contribution in [0.5, 0.6) is 11.5 Å². The van der Waals surface area contributed by atoms with Crippen molar-refractivity contribution in [2.75, 3.05) is 7.11 Å². The molecule has 1 saturated carbocycles. The summed E-state index contributed by atoms with van der Waals surface area (Å²) in [5, 5.41) is 22.1. The summed E-state index contributed by atoms with van der Waals surface area (Å²) < 4.78 is 5.13.